The van der Waals surface area contributed by atoms with Gasteiger partial charge in [-0.05, 0) is 31.5 Å². The van der Waals surface area contributed by atoms with Gasteiger partial charge in [0.25, 0.3) is 10.0 Å². The molecule has 2 heterocycles. The molecule has 6 heteroatoms. The summed E-state index contributed by atoms with van der Waals surface area (Å²) in [6.07, 6.45) is 4.60. The number of unbranched alkanes of at least 4 members (excludes halogenated alkanes) is 2. The minimum absolute atomic E-state index is 0.499. The molecule has 0 radical (unpaired) electrons. The fraction of sp³-hybridized carbons (Fsp3) is 0.733. The summed E-state index contributed by atoms with van der Waals surface area (Å²) < 4.78 is 27.3. The number of hydrogen-bond donors (Lipinski definition) is 0. The molecular weight excluding hydrogens is 304 g/mol. The zero-order chi connectivity index (χ0) is 15.3. The summed E-state index contributed by atoms with van der Waals surface area (Å²) in [4.78, 5) is 3.51. The first-order valence-electron chi connectivity index (χ1n) is 7.89. The third-order valence-electron chi connectivity index (χ3n) is 3.99. The third-order valence-corrected chi connectivity index (χ3v) is 7.58. The van der Waals surface area contributed by atoms with E-state index in [0.717, 1.165) is 30.9 Å². The Balaban J connectivity index is 1.91. The van der Waals surface area contributed by atoms with Crippen LogP contribution in [-0.4, -0.2) is 50.3 Å². The van der Waals surface area contributed by atoms with E-state index in [1.54, 1.807) is 10.4 Å². The summed E-state index contributed by atoms with van der Waals surface area (Å²) >= 11 is 1.41. The lowest BCUT2D eigenvalue weighted by Gasteiger charge is -2.33. The Morgan fingerprint density at radius 1 is 1.10 bits per heavy atom. The number of thiophene rings is 1. The summed E-state index contributed by atoms with van der Waals surface area (Å²) in [5.74, 6) is 0. The maximum absolute atomic E-state index is 12.6. The highest BCUT2D eigenvalue weighted by Crippen LogP contribution is 2.26. The van der Waals surface area contributed by atoms with Crippen LogP contribution < -0.4 is 0 Å². The van der Waals surface area contributed by atoms with Gasteiger partial charge in [0, 0.05) is 31.1 Å². The predicted octanol–water partition coefficient (Wildman–Crippen LogP) is 2.81. The summed E-state index contributed by atoms with van der Waals surface area (Å²) in [5, 5.41) is 0. The number of aryl methyl sites for hydroxylation is 1. The Kier molecular flexibility index (Phi) is 6.22. The third kappa shape index (κ3) is 4.28. The topological polar surface area (TPSA) is 40.6 Å². The number of piperazine rings is 1. The van der Waals surface area contributed by atoms with Gasteiger partial charge in [-0.3, -0.25) is 0 Å². The summed E-state index contributed by atoms with van der Waals surface area (Å²) in [5.41, 5.74) is 0. The van der Waals surface area contributed by atoms with E-state index in [9.17, 15) is 8.42 Å². The van der Waals surface area contributed by atoms with E-state index in [2.05, 4.69) is 18.7 Å². The molecular formula is C15H26N2O2S2. The van der Waals surface area contributed by atoms with Crippen LogP contribution in [0.1, 0.15) is 38.0 Å². The van der Waals surface area contributed by atoms with E-state index in [1.165, 1.54) is 30.6 Å². The molecule has 1 fully saturated rings. The molecule has 0 bridgehead atoms. The zero-order valence-electron chi connectivity index (χ0n) is 13.0. The van der Waals surface area contributed by atoms with Crippen LogP contribution in [0, 0.1) is 0 Å². The minimum Gasteiger partial charge on any atom is -0.301 e. The Morgan fingerprint density at radius 3 is 2.38 bits per heavy atom. The maximum Gasteiger partial charge on any atom is 0.252 e. The molecule has 0 N–H and O–H groups in total. The van der Waals surface area contributed by atoms with Gasteiger partial charge in [0.1, 0.15) is 4.21 Å². The van der Waals surface area contributed by atoms with Crippen LogP contribution in [-0.2, 0) is 16.4 Å². The SMILES string of the molecule is CCCCCN1CCN(S(=O)(=O)c2ccc(CC)s2)CC1. The van der Waals surface area contributed by atoms with Crippen molar-refractivity contribution in [2.75, 3.05) is 32.7 Å². The van der Waals surface area contributed by atoms with Crippen molar-refractivity contribution in [3.63, 3.8) is 0 Å². The summed E-state index contributed by atoms with van der Waals surface area (Å²) in [6.45, 7) is 8.31. The van der Waals surface area contributed by atoms with Crippen molar-refractivity contribution >= 4 is 21.4 Å². The first kappa shape index (κ1) is 16.9. The molecule has 0 unspecified atom stereocenters. The minimum atomic E-state index is -3.27. The molecule has 0 aliphatic carbocycles. The Labute approximate surface area is 132 Å². The molecule has 0 spiro atoms. The normalized spacial score (nSPS) is 18.2. The molecule has 0 atom stereocenters. The van der Waals surface area contributed by atoms with Crippen LogP contribution in [0.5, 0.6) is 0 Å². The van der Waals surface area contributed by atoms with Gasteiger partial charge in [-0.25, -0.2) is 8.42 Å². The predicted molar refractivity (Wildman–Crippen MR) is 88.4 cm³/mol. The molecule has 0 saturated carbocycles. The summed E-state index contributed by atoms with van der Waals surface area (Å²) in [6, 6.07) is 3.69. The van der Waals surface area contributed by atoms with Crippen molar-refractivity contribution in [3.05, 3.63) is 17.0 Å². The van der Waals surface area contributed by atoms with E-state index < -0.39 is 10.0 Å². The molecule has 21 heavy (non-hydrogen) atoms. The molecule has 0 amide bonds. The van der Waals surface area contributed by atoms with Crippen LogP contribution in [0.3, 0.4) is 0 Å². The summed E-state index contributed by atoms with van der Waals surface area (Å²) in [7, 11) is -3.27. The van der Waals surface area contributed by atoms with Crippen LogP contribution in [0.25, 0.3) is 0 Å². The standard InChI is InChI=1S/C15H26N2O2S2/c1-3-5-6-9-16-10-12-17(13-11-16)21(18,19)15-8-7-14(4-2)20-15/h7-8H,3-6,9-13H2,1-2H3. The average Bonchev–Trinajstić information content (AvgIpc) is 2.98. The monoisotopic (exact) mass is 330 g/mol. The number of sulfonamides is 1. The molecule has 2 rings (SSSR count). The first-order chi connectivity index (χ1) is 10.1. The molecule has 120 valence electrons. The number of hydrogen-bond acceptors (Lipinski definition) is 4. The molecule has 1 aromatic rings. The molecule has 0 aromatic carbocycles. The van der Waals surface area contributed by atoms with Crippen LogP contribution >= 0.6 is 11.3 Å². The zero-order valence-corrected chi connectivity index (χ0v) is 14.7. The maximum atomic E-state index is 12.6. The number of rotatable bonds is 7. The van der Waals surface area contributed by atoms with Crippen molar-refractivity contribution in [1.82, 2.24) is 9.21 Å². The molecule has 1 saturated heterocycles. The second kappa shape index (κ2) is 7.72. The van der Waals surface area contributed by atoms with Gasteiger partial charge in [0.05, 0.1) is 0 Å². The van der Waals surface area contributed by atoms with E-state index >= 15 is 0 Å². The Morgan fingerprint density at radius 2 is 1.81 bits per heavy atom. The van der Waals surface area contributed by atoms with E-state index in [-0.39, 0.29) is 0 Å². The fourth-order valence-corrected chi connectivity index (χ4v) is 5.47. The van der Waals surface area contributed by atoms with E-state index in [1.807, 2.05) is 6.07 Å². The van der Waals surface area contributed by atoms with Crippen LogP contribution in [0.2, 0.25) is 0 Å². The molecule has 1 aromatic heterocycles. The molecule has 1 aliphatic heterocycles. The Bertz CT molecular complexity index is 532. The average molecular weight is 331 g/mol. The number of nitrogens with zero attached hydrogens (tertiary/aromatic N) is 2. The van der Waals surface area contributed by atoms with Crippen molar-refractivity contribution < 1.29 is 8.42 Å². The highest BCUT2D eigenvalue weighted by molar-refractivity contribution is 7.91. The molecule has 1 aliphatic rings. The van der Waals surface area contributed by atoms with Gasteiger partial charge in [-0.2, -0.15) is 4.31 Å². The largest absolute Gasteiger partial charge is 0.301 e. The van der Waals surface area contributed by atoms with Crippen molar-refractivity contribution in [3.8, 4) is 0 Å². The van der Waals surface area contributed by atoms with Crippen LogP contribution in [0.15, 0.2) is 16.3 Å². The van der Waals surface area contributed by atoms with Gasteiger partial charge in [-0.15, -0.1) is 11.3 Å². The lowest BCUT2D eigenvalue weighted by Crippen LogP contribution is -2.48. The first-order valence-corrected chi connectivity index (χ1v) is 10.1. The Hall–Kier alpha value is -0.430. The second-order valence-corrected chi connectivity index (χ2v) is 8.86. The highest BCUT2D eigenvalue weighted by Gasteiger charge is 2.29. The van der Waals surface area contributed by atoms with Gasteiger partial charge >= 0.3 is 0 Å². The lowest BCUT2D eigenvalue weighted by molar-refractivity contribution is 0.185. The quantitative estimate of drug-likeness (QED) is 0.722. The molecule has 4 nitrogen and oxygen atoms in total. The van der Waals surface area contributed by atoms with Crippen molar-refractivity contribution in [2.45, 2.75) is 43.7 Å². The fourth-order valence-electron chi connectivity index (χ4n) is 2.59. The lowest BCUT2D eigenvalue weighted by atomic mass is 10.2. The van der Waals surface area contributed by atoms with Crippen molar-refractivity contribution in [2.24, 2.45) is 0 Å². The van der Waals surface area contributed by atoms with Gasteiger partial charge < -0.3 is 4.90 Å². The smallest absolute Gasteiger partial charge is 0.252 e. The van der Waals surface area contributed by atoms with Gasteiger partial charge in [-0.1, -0.05) is 26.7 Å². The second-order valence-electron chi connectivity index (χ2n) is 5.53. The van der Waals surface area contributed by atoms with Gasteiger partial charge in [0.2, 0.25) is 0 Å². The van der Waals surface area contributed by atoms with Gasteiger partial charge in [0.15, 0.2) is 0 Å². The van der Waals surface area contributed by atoms with E-state index in [4.69, 9.17) is 0 Å². The van der Waals surface area contributed by atoms with Crippen LogP contribution in [0.4, 0.5) is 0 Å². The van der Waals surface area contributed by atoms with E-state index in [0.29, 0.717) is 17.3 Å². The highest BCUT2D eigenvalue weighted by atomic mass is 32.2. The van der Waals surface area contributed by atoms with Crippen molar-refractivity contribution in [1.29, 1.82) is 0 Å².